The molecule has 4 heteroatoms. The average Bonchev–Trinajstić information content (AvgIpc) is 2.80. The van der Waals surface area contributed by atoms with Crippen LogP contribution in [0.15, 0.2) is 36.7 Å². The van der Waals surface area contributed by atoms with Gasteiger partial charge in [0.15, 0.2) is 5.95 Å². The number of imidazole rings is 1. The van der Waals surface area contributed by atoms with Gasteiger partial charge in [-0.3, -0.25) is 0 Å². The molecule has 0 bridgehead atoms. The van der Waals surface area contributed by atoms with E-state index >= 15 is 0 Å². The van der Waals surface area contributed by atoms with Gasteiger partial charge in [0.25, 0.3) is 0 Å². The first-order chi connectivity index (χ1) is 7.38. The summed E-state index contributed by atoms with van der Waals surface area (Å²) in [6.07, 6.45) is 3.51. The first kappa shape index (κ1) is 9.58. The summed E-state index contributed by atoms with van der Waals surface area (Å²) in [5, 5.41) is 3.17. The number of hydrogen-bond acceptors (Lipinski definition) is 3. The lowest BCUT2D eigenvalue weighted by atomic mass is 10.2. The minimum Gasteiger partial charge on any atom is -0.497 e. The van der Waals surface area contributed by atoms with Gasteiger partial charge >= 0.3 is 0 Å². The Morgan fingerprint density at radius 2 is 2.13 bits per heavy atom. The van der Waals surface area contributed by atoms with Crippen molar-refractivity contribution in [3.05, 3.63) is 42.2 Å². The zero-order valence-corrected chi connectivity index (χ0v) is 8.53. The third kappa shape index (κ3) is 2.49. The van der Waals surface area contributed by atoms with Crippen LogP contribution in [0.1, 0.15) is 5.56 Å². The van der Waals surface area contributed by atoms with Crippen LogP contribution >= 0.6 is 0 Å². The lowest BCUT2D eigenvalue weighted by molar-refractivity contribution is 0.414. The lowest BCUT2D eigenvalue weighted by Gasteiger charge is -2.04. The van der Waals surface area contributed by atoms with Gasteiger partial charge in [0.2, 0.25) is 0 Å². The average molecular weight is 203 g/mol. The van der Waals surface area contributed by atoms with E-state index in [0.717, 1.165) is 18.2 Å². The summed E-state index contributed by atoms with van der Waals surface area (Å²) in [5.41, 5.74) is 1.19. The minimum absolute atomic E-state index is 0.748. The van der Waals surface area contributed by atoms with Gasteiger partial charge < -0.3 is 15.0 Å². The third-order valence-electron chi connectivity index (χ3n) is 2.12. The predicted octanol–water partition coefficient (Wildman–Crippen LogP) is 2.03. The second-order valence-electron chi connectivity index (χ2n) is 3.14. The molecule has 1 aromatic carbocycles. The predicted molar refractivity (Wildman–Crippen MR) is 58.9 cm³/mol. The molecule has 0 saturated heterocycles. The van der Waals surface area contributed by atoms with Crippen LogP contribution in [0.25, 0.3) is 0 Å². The standard InChI is InChI=1S/C11H13N3O/c1-15-10-4-2-9(3-5-10)8-14-11-12-6-7-13-11/h2-7H,8H2,1H3,(H2,12,13,14). The van der Waals surface area contributed by atoms with Crippen molar-refractivity contribution < 1.29 is 4.74 Å². The molecule has 0 unspecified atom stereocenters. The van der Waals surface area contributed by atoms with Crippen LogP contribution in [-0.2, 0) is 6.54 Å². The van der Waals surface area contributed by atoms with Gasteiger partial charge in [-0.2, -0.15) is 0 Å². The Bertz CT molecular complexity index is 394. The van der Waals surface area contributed by atoms with E-state index < -0.39 is 0 Å². The summed E-state index contributed by atoms with van der Waals surface area (Å²) < 4.78 is 5.08. The molecule has 78 valence electrons. The molecule has 0 fully saturated rings. The Labute approximate surface area is 88.3 Å². The molecule has 0 aliphatic heterocycles. The summed E-state index contributed by atoms with van der Waals surface area (Å²) in [7, 11) is 1.66. The van der Waals surface area contributed by atoms with Crippen LogP contribution in [0.3, 0.4) is 0 Å². The van der Waals surface area contributed by atoms with E-state index in [9.17, 15) is 0 Å². The van der Waals surface area contributed by atoms with Crippen LogP contribution < -0.4 is 10.1 Å². The van der Waals surface area contributed by atoms with Gasteiger partial charge in [0.1, 0.15) is 5.75 Å². The highest BCUT2D eigenvalue weighted by Gasteiger charge is 1.95. The smallest absolute Gasteiger partial charge is 0.200 e. The molecule has 2 N–H and O–H groups in total. The number of hydrogen-bond donors (Lipinski definition) is 2. The third-order valence-corrected chi connectivity index (χ3v) is 2.12. The van der Waals surface area contributed by atoms with E-state index in [2.05, 4.69) is 15.3 Å². The van der Waals surface area contributed by atoms with Crippen LogP contribution in [0.2, 0.25) is 0 Å². The zero-order valence-electron chi connectivity index (χ0n) is 8.53. The summed E-state index contributed by atoms with van der Waals surface area (Å²) >= 11 is 0. The van der Waals surface area contributed by atoms with Crippen molar-refractivity contribution in [2.75, 3.05) is 12.4 Å². The highest BCUT2D eigenvalue weighted by molar-refractivity contribution is 5.31. The monoisotopic (exact) mass is 203 g/mol. The maximum atomic E-state index is 5.08. The van der Waals surface area contributed by atoms with E-state index in [1.165, 1.54) is 5.56 Å². The largest absolute Gasteiger partial charge is 0.497 e. The van der Waals surface area contributed by atoms with E-state index in [1.54, 1.807) is 19.5 Å². The number of benzene rings is 1. The zero-order chi connectivity index (χ0) is 10.5. The quantitative estimate of drug-likeness (QED) is 0.799. The van der Waals surface area contributed by atoms with Gasteiger partial charge in [0, 0.05) is 18.9 Å². The molecule has 2 aromatic rings. The molecule has 4 nitrogen and oxygen atoms in total. The SMILES string of the molecule is COc1ccc(CNc2ncc[nH]2)cc1. The minimum atomic E-state index is 0.748. The van der Waals surface area contributed by atoms with Crippen molar-refractivity contribution in [2.24, 2.45) is 0 Å². The number of ether oxygens (including phenoxy) is 1. The fraction of sp³-hybridized carbons (Fsp3) is 0.182. The van der Waals surface area contributed by atoms with Crippen molar-refractivity contribution in [1.29, 1.82) is 0 Å². The van der Waals surface area contributed by atoms with E-state index in [0.29, 0.717) is 0 Å². The molecule has 0 aliphatic rings. The molecule has 0 atom stereocenters. The molecule has 1 aromatic heterocycles. The first-order valence-corrected chi connectivity index (χ1v) is 4.74. The molecule has 0 radical (unpaired) electrons. The molecule has 0 amide bonds. The number of H-pyrrole nitrogens is 1. The van der Waals surface area contributed by atoms with Crippen LogP contribution in [0, 0.1) is 0 Å². The number of aromatic amines is 1. The normalized spacial score (nSPS) is 9.93. The number of rotatable bonds is 4. The molecule has 2 rings (SSSR count). The number of nitrogens with zero attached hydrogens (tertiary/aromatic N) is 1. The number of anilines is 1. The fourth-order valence-electron chi connectivity index (χ4n) is 1.29. The van der Waals surface area contributed by atoms with Crippen LogP contribution in [-0.4, -0.2) is 17.1 Å². The van der Waals surface area contributed by atoms with Gasteiger partial charge in [-0.25, -0.2) is 4.98 Å². The highest BCUT2D eigenvalue weighted by Crippen LogP contribution is 2.11. The van der Waals surface area contributed by atoms with E-state index in [1.807, 2.05) is 24.3 Å². The Morgan fingerprint density at radius 3 is 2.73 bits per heavy atom. The van der Waals surface area contributed by atoms with Crippen molar-refractivity contribution in [2.45, 2.75) is 6.54 Å². The maximum absolute atomic E-state index is 5.08. The Hall–Kier alpha value is -1.97. The van der Waals surface area contributed by atoms with Crippen molar-refractivity contribution in [3.63, 3.8) is 0 Å². The lowest BCUT2D eigenvalue weighted by Crippen LogP contribution is -2.00. The van der Waals surface area contributed by atoms with Crippen LogP contribution in [0.4, 0.5) is 5.95 Å². The topological polar surface area (TPSA) is 49.9 Å². The summed E-state index contributed by atoms with van der Waals surface area (Å²) in [4.78, 5) is 7.06. The highest BCUT2D eigenvalue weighted by atomic mass is 16.5. The molecule has 0 spiro atoms. The van der Waals surface area contributed by atoms with Gasteiger partial charge in [-0.1, -0.05) is 12.1 Å². The molecular formula is C11H13N3O. The van der Waals surface area contributed by atoms with Crippen molar-refractivity contribution >= 4 is 5.95 Å². The number of nitrogens with one attached hydrogen (secondary N) is 2. The van der Waals surface area contributed by atoms with E-state index in [-0.39, 0.29) is 0 Å². The van der Waals surface area contributed by atoms with Gasteiger partial charge in [-0.05, 0) is 17.7 Å². The summed E-state index contributed by atoms with van der Waals surface area (Å²) in [6, 6.07) is 7.93. The second kappa shape index (κ2) is 4.50. The number of methoxy groups -OCH3 is 1. The Balaban J connectivity index is 1.93. The summed E-state index contributed by atoms with van der Waals surface area (Å²) in [5.74, 6) is 1.66. The Kier molecular flexibility index (Phi) is 2.88. The molecule has 15 heavy (non-hydrogen) atoms. The number of aromatic nitrogens is 2. The second-order valence-corrected chi connectivity index (χ2v) is 3.14. The van der Waals surface area contributed by atoms with Crippen molar-refractivity contribution in [3.8, 4) is 5.75 Å². The summed E-state index contributed by atoms with van der Waals surface area (Å²) in [6.45, 7) is 0.748. The van der Waals surface area contributed by atoms with Crippen molar-refractivity contribution in [1.82, 2.24) is 9.97 Å². The fourth-order valence-corrected chi connectivity index (χ4v) is 1.29. The maximum Gasteiger partial charge on any atom is 0.200 e. The molecule has 0 saturated carbocycles. The van der Waals surface area contributed by atoms with E-state index in [4.69, 9.17) is 4.74 Å². The first-order valence-electron chi connectivity index (χ1n) is 4.74. The Morgan fingerprint density at radius 1 is 1.33 bits per heavy atom. The molecular weight excluding hydrogens is 190 g/mol. The van der Waals surface area contributed by atoms with Crippen LogP contribution in [0.5, 0.6) is 5.75 Å². The van der Waals surface area contributed by atoms with Gasteiger partial charge in [-0.15, -0.1) is 0 Å². The molecule has 0 aliphatic carbocycles. The molecule has 1 heterocycles. The van der Waals surface area contributed by atoms with Gasteiger partial charge in [0.05, 0.1) is 7.11 Å².